The molecule has 1 saturated carbocycles. The molecule has 1 aliphatic carbocycles. The second-order valence-electron chi connectivity index (χ2n) is 5.55. The average Bonchev–Trinajstić information content (AvgIpc) is 2.48. The van der Waals surface area contributed by atoms with Crippen molar-refractivity contribution >= 4 is 17.3 Å². The first-order valence-electron chi connectivity index (χ1n) is 7.33. The van der Waals surface area contributed by atoms with E-state index in [0.29, 0.717) is 12.3 Å². The Morgan fingerprint density at radius 1 is 1.33 bits per heavy atom. The lowest BCUT2D eigenvalue weighted by molar-refractivity contribution is -0.384. The van der Waals surface area contributed by atoms with Crippen LogP contribution in [0.3, 0.4) is 0 Å². The lowest BCUT2D eigenvalue weighted by Crippen LogP contribution is -2.15. The highest BCUT2D eigenvalue weighted by Crippen LogP contribution is 2.29. The molecule has 0 atom stereocenters. The Morgan fingerprint density at radius 3 is 2.71 bits per heavy atom. The number of nitrogens with zero attached hydrogens (tertiary/aromatic N) is 1. The van der Waals surface area contributed by atoms with Gasteiger partial charge in [0.25, 0.3) is 5.69 Å². The van der Waals surface area contributed by atoms with Crippen molar-refractivity contribution in [1.29, 1.82) is 0 Å². The van der Waals surface area contributed by atoms with Crippen molar-refractivity contribution in [3.8, 4) is 5.75 Å². The van der Waals surface area contributed by atoms with Gasteiger partial charge in [-0.3, -0.25) is 14.9 Å². The van der Waals surface area contributed by atoms with Gasteiger partial charge in [0.05, 0.1) is 10.6 Å². The molecule has 1 aliphatic rings. The fourth-order valence-corrected chi connectivity index (χ4v) is 2.76. The monoisotopic (exact) mass is 292 g/mol. The van der Waals surface area contributed by atoms with Crippen molar-refractivity contribution in [3.63, 3.8) is 0 Å². The Kier molecular flexibility index (Phi) is 5.14. The Morgan fingerprint density at radius 2 is 2.05 bits per heavy atom. The Bertz CT molecular complexity index is 524. The number of hydrogen-bond acceptors (Lipinski definition) is 4. The topological polar surface area (TPSA) is 92.5 Å². The molecular formula is C15H20N2O4. The standard InChI is InChI=1S/C15H20N2O4/c18-14-8-7-12(17(20)21)10-13(14)16-15(19)9-6-11-4-2-1-3-5-11/h7-8,10-11,18H,1-6,9H2,(H,16,19). The maximum absolute atomic E-state index is 11.9. The molecule has 0 unspecified atom stereocenters. The normalized spacial score (nSPS) is 15.6. The van der Waals surface area contributed by atoms with Gasteiger partial charge in [-0.05, 0) is 18.4 Å². The molecule has 0 radical (unpaired) electrons. The highest BCUT2D eigenvalue weighted by atomic mass is 16.6. The number of benzene rings is 1. The van der Waals surface area contributed by atoms with Crippen LogP contribution in [0, 0.1) is 16.0 Å². The third-order valence-electron chi connectivity index (χ3n) is 3.97. The molecule has 0 saturated heterocycles. The third-order valence-corrected chi connectivity index (χ3v) is 3.97. The molecule has 0 aliphatic heterocycles. The summed E-state index contributed by atoms with van der Waals surface area (Å²) in [5.74, 6) is 0.228. The van der Waals surface area contributed by atoms with E-state index in [0.717, 1.165) is 6.42 Å². The zero-order chi connectivity index (χ0) is 15.2. The predicted octanol–water partition coefficient (Wildman–Crippen LogP) is 3.60. The van der Waals surface area contributed by atoms with Gasteiger partial charge in [-0.25, -0.2) is 0 Å². The van der Waals surface area contributed by atoms with Crippen LogP contribution in [0.5, 0.6) is 5.75 Å². The number of hydrogen-bond donors (Lipinski definition) is 2. The van der Waals surface area contributed by atoms with Crippen molar-refractivity contribution in [2.45, 2.75) is 44.9 Å². The number of carbonyl (C=O) groups is 1. The summed E-state index contributed by atoms with van der Waals surface area (Å²) in [4.78, 5) is 22.0. The number of nitro benzene ring substituents is 1. The number of nitrogens with one attached hydrogen (secondary N) is 1. The summed E-state index contributed by atoms with van der Waals surface area (Å²) in [7, 11) is 0. The molecule has 21 heavy (non-hydrogen) atoms. The quantitative estimate of drug-likeness (QED) is 0.492. The lowest BCUT2D eigenvalue weighted by Gasteiger charge is -2.21. The number of amides is 1. The largest absolute Gasteiger partial charge is 0.506 e. The molecule has 1 aromatic carbocycles. The van der Waals surface area contributed by atoms with Crippen molar-refractivity contribution in [1.82, 2.24) is 0 Å². The van der Waals surface area contributed by atoms with Crippen LogP contribution in [-0.4, -0.2) is 15.9 Å². The summed E-state index contributed by atoms with van der Waals surface area (Å²) < 4.78 is 0. The van der Waals surface area contributed by atoms with Crippen LogP contribution in [0.2, 0.25) is 0 Å². The van der Waals surface area contributed by atoms with Crippen LogP contribution in [-0.2, 0) is 4.79 Å². The number of phenolic OH excluding ortho intramolecular Hbond substituents is 1. The minimum absolute atomic E-state index is 0.0952. The van der Waals surface area contributed by atoms with E-state index in [1.165, 1.54) is 50.3 Å². The van der Waals surface area contributed by atoms with Crippen LogP contribution >= 0.6 is 0 Å². The van der Waals surface area contributed by atoms with Crippen LogP contribution < -0.4 is 5.32 Å². The van der Waals surface area contributed by atoms with Gasteiger partial charge in [-0.1, -0.05) is 32.1 Å². The summed E-state index contributed by atoms with van der Waals surface area (Å²) >= 11 is 0. The smallest absolute Gasteiger partial charge is 0.271 e. The van der Waals surface area contributed by atoms with Crippen LogP contribution in [0.25, 0.3) is 0 Å². The molecule has 2 N–H and O–H groups in total. The summed E-state index contributed by atoms with van der Waals surface area (Å²) in [6, 6.07) is 3.59. The third kappa shape index (κ3) is 4.44. The first-order chi connectivity index (χ1) is 10.1. The maximum Gasteiger partial charge on any atom is 0.271 e. The van der Waals surface area contributed by atoms with Crippen molar-refractivity contribution in [2.75, 3.05) is 5.32 Å². The van der Waals surface area contributed by atoms with E-state index in [9.17, 15) is 20.0 Å². The van der Waals surface area contributed by atoms with Gasteiger partial charge in [0.2, 0.25) is 5.91 Å². The van der Waals surface area contributed by atoms with E-state index in [-0.39, 0.29) is 23.0 Å². The van der Waals surface area contributed by atoms with Gasteiger partial charge in [-0.2, -0.15) is 0 Å². The molecule has 0 heterocycles. The van der Waals surface area contributed by atoms with E-state index < -0.39 is 4.92 Å². The van der Waals surface area contributed by atoms with Crippen LogP contribution in [0.1, 0.15) is 44.9 Å². The Balaban J connectivity index is 1.89. The number of phenols is 1. The van der Waals surface area contributed by atoms with Gasteiger partial charge < -0.3 is 10.4 Å². The molecule has 0 aromatic heterocycles. The highest BCUT2D eigenvalue weighted by Gasteiger charge is 2.16. The van der Waals surface area contributed by atoms with Gasteiger partial charge in [0.1, 0.15) is 5.75 Å². The maximum atomic E-state index is 11.9. The molecule has 1 aromatic rings. The first-order valence-corrected chi connectivity index (χ1v) is 7.33. The van der Waals surface area contributed by atoms with Gasteiger partial charge >= 0.3 is 0 Å². The second kappa shape index (κ2) is 7.06. The molecule has 0 spiro atoms. The summed E-state index contributed by atoms with van der Waals surface area (Å²) in [5, 5.41) is 22.9. The van der Waals surface area contributed by atoms with E-state index >= 15 is 0 Å². The number of anilines is 1. The number of non-ortho nitro benzene ring substituents is 1. The minimum atomic E-state index is -0.558. The van der Waals surface area contributed by atoms with E-state index in [1.807, 2.05) is 0 Å². The van der Waals surface area contributed by atoms with Gasteiger partial charge in [0, 0.05) is 18.6 Å². The molecule has 6 heteroatoms. The predicted molar refractivity (Wildman–Crippen MR) is 79.2 cm³/mol. The van der Waals surface area contributed by atoms with E-state index in [2.05, 4.69) is 5.32 Å². The summed E-state index contributed by atoms with van der Waals surface area (Å²) in [6.45, 7) is 0. The van der Waals surface area contributed by atoms with Crippen molar-refractivity contribution in [2.24, 2.45) is 5.92 Å². The average molecular weight is 292 g/mol. The first kappa shape index (κ1) is 15.3. The Labute approximate surface area is 123 Å². The number of aromatic hydroxyl groups is 1. The van der Waals surface area contributed by atoms with E-state index in [4.69, 9.17) is 0 Å². The number of carbonyl (C=O) groups excluding carboxylic acids is 1. The SMILES string of the molecule is O=C(CCC1CCCCC1)Nc1cc([N+](=O)[O-])ccc1O. The summed E-state index contributed by atoms with van der Waals surface area (Å²) in [5.41, 5.74) is -0.0618. The molecule has 114 valence electrons. The number of rotatable bonds is 5. The van der Waals surface area contributed by atoms with Gasteiger partial charge in [-0.15, -0.1) is 0 Å². The van der Waals surface area contributed by atoms with Gasteiger partial charge in [0.15, 0.2) is 0 Å². The molecular weight excluding hydrogens is 272 g/mol. The lowest BCUT2D eigenvalue weighted by atomic mass is 9.86. The van der Waals surface area contributed by atoms with Crippen LogP contribution in [0.4, 0.5) is 11.4 Å². The zero-order valence-electron chi connectivity index (χ0n) is 11.9. The van der Waals surface area contributed by atoms with E-state index in [1.54, 1.807) is 0 Å². The minimum Gasteiger partial charge on any atom is -0.506 e. The molecule has 2 rings (SSSR count). The fourth-order valence-electron chi connectivity index (χ4n) is 2.76. The molecule has 6 nitrogen and oxygen atoms in total. The number of nitro groups is 1. The molecule has 0 bridgehead atoms. The van der Waals surface area contributed by atoms with Crippen LogP contribution in [0.15, 0.2) is 18.2 Å². The zero-order valence-corrected chi connectivity index (χ0v) is 11.9. The highest BCUT2D eigenvalue weighted by molar-refractivity contribution is 5.92. The molecule has 1 fully saturated rings. The van der Waals surface area contributed by atoms with Crippen molar-refractivity contribution in [3.05, 3.63) is 28.3 Å². The fraction of sp³-hybridized carbons (Fsp3) is 0.533. The molecule has 1 amide bonds. The summed E-state index contributed by atoms with van der Waals surface area (Å²) in [6.07, 6.45) is 7.32. The Hall–Kier alpha value is -2.11. The second-order valence-corrected chi connectivity index (χ2v) is 5.55. The van der Waals surface area contributed by atoms with Crippen molar-refractivity contribution < 1.29 is 14.8 Å².